The molecule has 3 N–H and O–H groups in total. The molecule has 10 heteroatoms. The lowest BCUT2D eigenvalue weighted by Gasteiger charge is -2.26. The van der Waals surface area contributed by atoms with E-state index in [0.717, 1.165) is 35.9 Å². The molecule has 1 aliphatic heterocycles. The van der Waals surface area contributed by atoms with Crippen molar-refractivity contribution in [2.45, 2.75) is 24.4 Å². The van der Waals surface area contributed by atoms with Crippen molar-refractivity contribution in [2.24, 2.45) is 4.99 Å². The Morgan fingerprint density at radius 1 is 1.29 bits per heavy atom. The van der Waals surface area contributed by atoms with Gasteiger partial charge in [-0.05, 0) is 30.4 Å². The highest BCUT2D eigenvalue weighted by atomic mass is 19.1. The van der Waals surface area contributed by atoms with Gasteiger partial charge in [-0.25, -0.2) is 23.1 Å². The van der Waals surface area contributed by atoms with Crippen LogP contribution in [-0.4, -0.2) is 46.5 Å². The minimum absolute atomic E-state index is 0.0247. The molecule has 2 aliphatic rings. The monoisotopic (exact) mass is 432 g/mol. The minimum atomic E-state index is -1.97. The van der Waals surface area contributed by atoms with Crippen LogP contribution in [0, 0.1) is 11.6 Å². The Bertz CT molecular complexity index is 1150. The second-order valence-corrected chi connectivity index (χ2v) is 7.77. The van der Waals surface area contributed by atoms with E-state index in [1.54, 1.807) is 6.07 Å². The van der Waals surface area contributed by atoms with E-state index >= 15 is 0 Å². The van der Waals surface area contributed by atoms with E-state index < -0.39 is 36.3 Å². The molecule has 3 aromatic rings. The van der Waals surface area contributed by atoms with Crippen LogP contribution in [0.1, 0.15) is 24.3 Å². The molecule has 3 heterocycles. The molecule has 0 spiro atoms. The highest BCUT2D eigenvalue weighted by Crippen LogP contribution is 2.46. The summed E-state index contributed by atoms with van der Waals surface area (Å²) in [5.41, 5.74) is -0.321. The van der Waals surface area contributed by atoms with E-state index in [0.29, 0.717) is 17.3 Å². The molecular weight excluding hydrogens is 413 g/mol. The molecule has 1 saturated carbocycles. The summed E-state index contributed by atoms with van der Waals surface area (Å²) in [4.78, 5) is 11.1. The lowest BCUT2D eigenvalue weighted by molar-refractivity contribution is 0.0181. The summed E-state index contributed by atoms with van der Waals surface area (Å²) < 4.78 is 54.1. The number of aliphatic hydroxyl groups is 1. The fourth-order valence-electron chi connectivity index (χ4n) is 3.49. The molecule has 31 heavy (non-hydrogen) atoms. The number of aromatic amines is 1. The number of alkyl halides is 1. The van der Waals surface area contributed by atoms with Gasteiger partial charge in [0.1, 0.15) is 18.0 Å². The number of hydrogen-bond acceptors (Lipinski definition) is 6. The summed E-state index contributed by atoms with van der Waals surface area (Å²) in [6.45, 7) is -1.47. The van der Waals surface area contributed by atoms with Crippen molar-refractivity contribution in [3.8, 4) is 11.5 Å². The fourth-order valence-corrected chi connectivity index (χ4v) is 3.49. The quantitative estimate of drug-likeness (QED) is 0.567. The van der Waals surface area contributed by atoms with Gasteiger partial charge in [-0.1, -0.05) is 0 Å². The number of rotatable bonds is 5. The molecule has 5 rings (SSSR count). The molecule has 0 amide bonds. The number of anilines is 1. The third kappa shape index (κ3) is 3.78. The van der Waals surface area contributed by atoms with Gasteiger partial charge in [0, 0.05) is 30.2 Å². The van der Waals surface area contributed by atoms with Gasteiger partial charge in [0.05, 0.1) is 18.5 Å². The van der Waals surface area contributed by atoms with Gasteiger partial charge in [-0.3, -0.25) is 0 Å². The normalized spacial score (nSPS) is 21.0. The van der Waals surface area contributed by atoms with Crippen LogP contribution < -0.4 is 10.1 Å². The van der Waals surface area contributed by atoms with Gasteiger partial charge >= 0.3 is 0 Å². The molecule has 7 nitrogen and oxygen atoms in total. The first kappa shape index (κ1) is 19.7. The lowest BCUT2D eigenvalue weighted by Crippen LogP contribution is -2.43. The number of fused-ring (bicyclic) bond motifs is 1. The molecule has 1 atom stereocenters. The Hall–Kier alpha value is -3.27. The van der Waals surface area contributed by atoms with Crippen LogP contribution in [0.3, 0.4) is 0 Å². The van der Waals surface area contributed by atoms with Gasteiger partial charge in [-0.2, -0.15) is 0 Å². The maximum Gasteiger partial charge on any atom is 0.289 e. The summed E-state index contributed by atoms with van der Waals surface area (Å²) in [5, 5.41) is 12.3. The van der Waals surface area contributed by atoms with Gasteiger partial charge in [0.2, 0.25) is 0 Å². The highest BCUT2D eigenvalue weighted by molar-refractivity contribution is 5.90. The standard InChI is InChI=1S/C21H19F3N4O3/c22-14-5-12(28-20-27-8-21(24,9-29)10-30-20)6-15(23)18(14)31-16-3-4-25-19-17(16)13(7-26-19)11-1-2-11/h3-7,11,29H,1-2,8-10H2,(H,25,26)(H,27,28)/t21-/m1/s1. The Morgan fingerprint density at radius 3 is 2.71 bits per heavy atom. The maximum atomic E-state index is 14.7. The number of H-pyrrole nitrogens is 1. The van der Waals surface area contributed by atoms with Crippen molar-refractivity contribution >= 4 is 22.7 Å². The van der Waals surface area contributed by atoms with Crippen LogP contribution in [0.15, 0.2) is 35.6 Å². The van der Waals surface area contributed by atoms with Crippen LogP contribution in [-0.2, 0) is 4.74 Å². The molecule has 0 radical (unpaired) electrons. The van der Waals surface area contributed by atoms with E-state index in [9.17, 15) is 13.2 Å². The summed E-state index contributed by atoms with van der Waals surface area (Å²) in [7, 11) is 0. The SMILES string of the molecule is OC[C@]1(F)CN=C(Nc2cc(F)c(Oc3ccnc4[nH]cc(C5CC5)c34)c(F)c2)OC1. The van der Waals surface area contributed by atoms with Crippen LogP contribution in [0.25, 0.3) is 11.0 Å². The second kappa shape index (κ2) is 7.45. The largest absolute Gasteiger partial charge is 0.461 e. The molecule has 1 aliphatic carbocycles. The number of halogens is 3. The third-order valence-corrected chi connectivity index (χ3v) is 5.30. The van der Waals surface area contributed by atoms with Crippen LogP contribution in [0.5, 0.6) is 11.5 Å². The van der Waals surface area contributed by atoms with Crippen LogP contribution in [0.4, 0.5) is 18.9 Å². The molecule has 0 unspecified atom stereocenters. The molecule has 162 valence electrons. The molecule has 0 bridgehead atoms. The average molecular weight is 432 g/mol. The zero-order chi connectivity index (χ0) is 21.6. The van der Waals surface area contributed by atoms with Crippen molar-refractivity contribution in [1.82, 2.24) is 9.97 Å². The zero-order valence-corrected chi connectivity index (χ0v) is 16.3. The van der Waals surface area contributed by atoms with Crippen LogP contribution in [0.2, 0.25) is 0 Å². The number of hydrogen-bond donors (Lipinski definition) is 3. The smallest absolute Gasteiger partial charge is 0.289 e. The third-order valence-electron chi connectivity index (χ3n) is 5.30. The minimum Gasteiger partial charge on any atom is -0.461 e. The molecular formula is C21H19F3N4O3. The number of aliphatic hydroxyl groups excluding tert-OH is 1. The number of pyridine rings is 1. The summed E-state index contributed by atoms with van der Waals surface area (Å²) in [6.07, 6.45) is 5.47. The second-order valence-electron chi connectivity index (χ2n) is 7.77. The van der Waals surface area contributed by atoms with E-state index in [-0.39, 0.29) is 18.3 Å². The van der Waals surface area contributed by atoms with Gasteiger partial charge in [0.15, 0.2) is 23.1 Å². The van der Waals surface area contributed by atoms with Crippen molar-refractivity contribution < 1.29 is 27.8 Å². The summed E-state index contributed by atoms with van der Waals surface area (Å²) in [6, 6.07) is 3.55. The maximum absolute atomic E-state index is 14.7. The van der Waals surface area contributed by atoms with E-state index in [4.69, 9.17) is 14.6 Å². The first-order valence-electron chi connectivity index (χ1n) is 9.83. The Morgan fingerprint density at radius 2 is 2.06 bits per heavy atom. The van der Waals surface area contributed by atoms with Crippen molar-refractivity contribution in [1.29, 1.82) is 0 Å². The predicted octanol–water partition coefficient (Wildman–Crippen LogP) is 4.01. The Balaban J connectivity index is 1.40. The first-order valence-corrected chi connectivity index (χ1v) is 9.83. The van der Waals surface area contributed by atoms with Crippen molar-refractivity contribution in [3.63, 3.8) is 0 Å². The number of ether oxygens (including phenoxy) is 2. The number of aliphatic imine (C=N–C) groups is 1. The Kier molecular flexibility index (Phi) is 4.73. The zero-order valence-electron chi connectivity index (χ0n) is 16.3. The Labute approximate surface area is 174 Å². The van der Waals surface area contributed by atoms with Crippen LogP contribution >= 0.6 is 0 Å². The summed E-state index contributed by atoms with van der Waals surface area (Å²) >= 11 is 0. The van der Waals surface area contributed by atoms with E-state index in [1.807, 2.05) is 6.20 Å². The molecule has 2 aromatic heterocycles. The number of nitrogens with one attached hydrogen (secondary N) is 2. The number of aromatic nitrogens is 2. The van der Waals surface area contributed by atoms with E-state index in [2.05, 4.69) is 20.3 Å². The molecule has 0 saturated heterocycles. The number of nitrogens with zero attached hydrogens (tertiary/aromatic N) is 2. The predicted molar refractivity (Wildman–Crippen MR) is 107 cm³/mol. The summed E-state index contributed by atoms with van der Waals surface area (Å²) in [5.74, 6) is -1.69. The fraction of sp³-hybridized carbons (Fsp3) is 0.333. The average Bonchev–Trinajstić information content (AvgIpc) is 3.51. The van der Waals surface area contributed by atoms with Gasteiger partial charge in [-0.15, -0.1) is 0 Å². The van der Waals surface area contributed by atoms with E-state index in [1.165, 1.54) is 6.20 Å². The topological polar surface area (TPSA) is 91.8 Å². The van der Waals surface area contributed by atoms with Crippen molar-refractivity contribution in [3.05, 3.63) is 47.8 Å². The molecule has 1 aromatic carbocycles. The lowest BCUT2D eigenvalue weighted by atomic mass is 10.1. The van der Waals surface area contributed by atoms with Crippen molar-refractivity contribution in [2.75, 3.05) is 25.1 Å². The highest BCUT2D eigenvalue weighted by Gasteiger charge is 2.34. The first-order chi connectivity index (χ1) is 15.0. The van der Waals surface area contributed by atoms with Gasteiger partial charge < -0.3 is 24.9 Å². The molecule has 1 fully saturated rings. The van der Waals surface area contributed by atoms with Gasteiger partial charge in [0.25, 0.3) is 6.02 Å². The number of amidine groups is 1. The number of benzene rings is 1.